The van der Waals surface area contributed by atoms with E-state index >= 15 is 0 Å². The maximum Gasteiger partial charge on any atom is 0.248 e. The third kappa shape index (κ3) is 5.54. The Morgan fingerprint density at radius 1 is 1.19 bits per heavy atom. The van der Waals surface area contributed by atoms with Gasteiger partial charge in [0.2, 0.25) is 15.9 Å². The van der Waals surface area contributed by atoms with Crippen LogP contribution in [0.3, 0.4) is 0 Å². The van der Waals surface area contributed by atoms with E-state index in [1.165, 1.54) is 4.31 Å². The van der Waals surface area contributed by atoms with Crippen molar-refractivity contribution in [1.82, 2.24) is 14.8 Å². The van der Waals surface area contributed by atoms with Crippen LogP contribution in [0.4, 0.5) is 0 Å². The number of aromatic nitrogens is 1. The van der Waals surface area contributed by atoms with Crippen LogP contribution in [0.15, 0.2) is 39.8 Å². The Bertz CT molecular complexity index is 944. The van der Waals surface area contributed by atoms with Crippen molar-refractivity contribution in [3.8, 4) is 0 Å². The van der Waals surface area contributed by atoms with Gasteiger partial charge in [0, 0.05) is 19.0 Å². The number of nitrogens with one attached hydrogen (secondary N) is 1. The molecule has 2 heterocycles. The average molecular weight is 448 g/mol. The molecular formula is C23H33N3O4S. The molecule has 1 amide bonds. The summed E-state index contributed by atoms with van der Waals surface area (Å²) in [6.07, 6.45) is 5.24. The van der Waals surface area contributed by atoms with Gasteiger partial charge in [-0.3, -0.25) is 4.79 Å². The van der Waals surface area contributed by atoms with Crippen LogP contribution in [0.1, 0.15) is 68.5 Å². The Kier molecular flexibility index (Phi) is 7.89. The maximum absolute atomic E-state index is 13.0. The van der Waals surface area contributed by atoms with Gasteiger partial charge in [-0.05, 0) is 38.7 Å². The van der Waals surface area contributed by atoms with Gasteiger partial charge in [-0.25, -0.2) is 8.42 Å². The second-order valence-electron chi connectivity index (χ2n) is 8.30. The largest absolute Gasteiger partial charge is 0.360 e. The predicted octanol–water partition coefficient (Wildman–Crippen LogP) is 4.13. The molecule has 0 saturated carbocycles. The van der Waals surface area contributed by atoms with E-state index in [-0.39, 0.29) is 22.8 Å². The van der Waals surface area contributed by atoms with Crippen molar-refractivity contribution in [3.05, 3.63) is 47.3 Å². The number of unbranched alkanes of at least 4 members (excludes halogenated alkanes) is 2. The molecule has 1 unspecified atom stereocenters. The van der Waals surface area contributed by atoms with Gasteiger partial charge in [-0.15, -0.1) is 0 Å². The van der Waals surface area contributed by atoms with Gasteiger partial charge in [0.15, 0.2) is 5.76 Å². The second-order valence-corrected chi connectivity index (χ2v) is 10.2. The third-order valence-corrected chi connectivity index (χ3v) is 8.15. The van der Waals surface area contributed by atoms with Crippen LogP contribution in [0.5, 0.6) is 0 Å². The molecule has 0 radical (unpaired) electrons. The quantitative estimate of drug-likeness (QED) is 0.584. The molecule has 0 aliphatic carbocycles. The Balaban J connectivity index is 1.62. The zero-order chi connectivity index (χ0) is 22.4. The molecule has 2 aromatic rings. The molecule has 1 atom stereocenters. The van der Waals surface area contributed by atoms with E-state index in [0.29, 0.717) is 37.4 Å². The van der Waals surface area contributed by atoms with Gasteiger partial charge in [-0.2, -0.15) is 4.31 Å². The van der Waals surface area contributed by atoms with Crippen LogP contribution in [-0.4, -0.2) is 36.9 Å². The van der Waals surface area contributed by atoms with E-state index in [1.54, 1.807) is 13.8 Å². The number of benzene rings is 1. The Morgan fingerprint density at radius 2 is 1.87 bits per heavy atom. The summed E-state index contributed by atoms with van der Waals surface area (Å²) >= 11 is 0. The Labute approximate surface area is 185 Å². The van der Waals surface area contributed by atoms with Gasteiger partial charge in [-0.1, -0.05) is 61.7 Å². The molecule has 7 nitrogen and oxygen atoms in total. The summed E-state index contributed by atoms with van der Waals surface area (Å²) < 4.78 is 32.5. The highest BCUT2D eigenvalue weighted by Gasteiger charge is 2.35. The van der Waals surface area contributed by atoms with Crippen molar-refractivity contribution in [2.45, 2.75) is 70.2 Å². The number of aryl methyl sites for hydroxylation is 2. The maximum atomic E-state index is 13.0. The molecule has 31 heavy (non-hydrogen) atoms. The number of rotatable bonds is 9. The van der Waals surface area contributed by atoms with Crippen LogP contribution < -0.4 is 5.32 Å². The SMILES string of the molecule is CCCCCC(NC(=O)C1CCN(S(=O)(=O)c2c(C)noc2C)CC1)c1ccccc1. The first kappa shape index (κ1) is 23.5. The lowest BCUT2D eigenvalue weighted by molar-refractivity contribution is -0.127. The predicted molar refractivity (Wildman–Crippen MR) is 119 cm³/mol. The minimum atomic E-state index is -3.66. The summed E-state index contributed by atoms with van der Waals surface area (Å²) in [5, 5.41) is 7.00. The summed E-state index contributed by atoms with van der Waals surface area (Å²) in [5.74, 6) is 0.128. The van der Waals surface area contributed by atoms with Gasteiger partial charge in [0.1, 0.15) is 10.6 Å². The molecule has 0 bridgehead atoms. The van der Waals surface area contributed by atoms with Gasteiger partial charge in [0.05, 0.1) is 6.04 Å². The Hall–Kier alpha value is -2.19. The third-order valence-electron chi connectivity index (χ3n) is 6.01. The van der Waals surface area contributed by atoms with E-state index in [0.717, 1.165) is 31.2 Å². The summed E-state index contributed by atoms with van der Waals surface area (Å²) in [7, 11) is -3.66. The van der Waals surface area contributed by atoms with Crippen LogP contribution in [0.2, 0.25) is 0 Å². The first-order valence-electron chi connectivity index (χ1n) is 11.1. The highest BCUT2D eigenvalue weighted by molar-refractivity contribution is 7.89. The molecule has 170 valence electrons. The highest BCUT2D eigenvalue weighted by Crippen LogP contribution is 2.28. The first-order valence-corrected chi connectivity index (χ1v) is 12.6. The van der Waals surface area contributed by atoms with Crippen LogP contribution in [0, 0.1) is 19.8 Å². The lowest BCUT2D eigenvalue weighted by Crippen LogP contribution is -2.43. The minimum absolute atomic E-state index is 0.00989. The van der Waals surface area contributed by atoms with Crippen molar-refractivity contribution in [2.75, 3.05) is 13.1 Å². The van der Waals surface area contributed by atoms with Crippen LogP contribution >= 0.6 is 0 Å². The van der Waals surface area contributed by atoms with E-state index in [2.05, 4.69) is 29.5 Å². The first-order chi connectivity index (χ1) is 14.8. The summed E-state index contributed by atoms with van der Waals surface area (Å²) in [6.45, 7) is 6.04. The molecule has 1 fully saturated rings. The lowest BCUT2D eigenvalue weighted by Gasteiger charge is -2.31. The zero-order valence-corrected chi connectivity index (χ0v) is 19.5. The van der Waals surface area contributed by atoms with Gasteiger partial charge >= 0.3 is 0 Å². The molecule has 1 aromatic carbocycles. The number of sulfonamides is 1. The molecule has 3 rings (SSSR count). The summed E-state index contributed by atoms with van der Waals surface area (Å²) in [6, 6.07) is 10.1. The average Bonchev–Trinajstić information content (AvgIpc) is 3.12. The van der Waals surface area contributed by atoms with E-state index in [1.807, 2.05) is 18.2 Å². The number of piperidine rings is 1. The van der Waals surface area contributed by atoms with Crippen LogP contribution in [0.25, 0.3) is 0 Å². The van der Waals surface area contributed by atoms with E-state index in [4.69, 9.17) is 4.52 Å². The Morgan fingerprint density at radius 3 is 2.45 bits per heavy atom. The molecule has 0 spiro atoms. The van der Waals surface area contributed by atoms with Crippen molar-refractivity contribution < 1.29 is 17.7 Å². The second kappa shape index (κ2) is 10.4. The number of hydrogen-bond acceptors (Lipinski definition) is 5. The lowest BCUT2D eigenvalue weighted by atomic mass is 9.95. The topological polar surface area (TPSA) is 92.5 Å². The standard InChI is InChI=1S/C23H33N3O4S/c1-4-5-7-12-21(19-10-8-6-9-11-19)24-23(27)20-13-15-26(16-14-20)31(28,29)22-17(2)25-30-18(22)3/h6,8-11,20-21H,4-5,7,12-16H2,1-3H3,(H,24,27). The number of carbonyl (C=O) groups excluding carboxylic acids is 1. The summed E-state index contributed by atoms with van der Waals surface area (Å²) in [5.41, 5.74) is 1.49. The number of hydrogen-bond donors (Lipinski definition) is 1. The zero-order valence-electron chi connectivity index (χ0n) is 18.6. The fourth-order valence-electron chi connectivity index (χ4n) is 4.23. The molecule has 8 heteroatoms. The fourth-order valence-corrected chi connectivity index (χ4v) is 5.99. The molecular weight excluding hydrogens is 414 g/mol. The number of nitrogens with zero attached hydrogens (tertiary/aromatic N) is 2. The fraction of sp³-hybridized carbons (Fsp3) is 0.565. The highest BCUT2D eigenvalue weighted by atomic mass is 32.2. The van der Waals surface area contributed by atoms with Gasteiger partial charge in [0.25, 0.3) is 0 Å². The molecule has 1 aromatic heterocycles. The summed E-state index contributed by atoms with van der Waals surface area (Å²) in [4.78, 5) is 13.2. The minimum Gasteiger partial charge on any atom is -0.360 e. The molecule has 1 N–H and O–H groups in total. The molecule has 1 saturated heterocycles. The smallest absolute Gasteiger partial charge is 0.248 e. The number of carbonyl (C=O) groups is 1. The van der Waals surface area contributed by atoms with E-state index in [9.17, 15) is 13.2 Å². The van der Waals surface area contributed by atoms with Gasteiger partial charge < -0.3 is 9.84 Å². The molecule has 1 aliphatic heterocycles. The van der Waals surface area contributed by atoms with Crippen molar-refractivity contribution >= 4 is 15.9 Å². The van der Waals surface area contributed by atoms with E-state index < -0.39 is 10.0 Å². The number of amides is 1. The van der Waals surface area contributed by atoms with Crippen molar-refractivity contribution in [1.29, 1.82) is 0 Å². The van der Waals surface area contributed by atoms with Crippen molar-refractivity contribution in [3.63, 3.8) is 0 Å². The van der Waals surface area contributed by atoms with Crippen molar-refractivity contribution in [2.24, 2.45) is 5.92 Å². The normalized spacial score (nSPS) is 16.9. The monoisotopic (exact) mass is 447 g/mol. The molecule has 1 aliphatic rings. The van der Waals surface area contributed by atoms with Crippen LogP contribution in [-0.2, 0) is 14.8 Å².